The number of aromatic nitrogens is 1. The van der Waals surface area contributed by atoms with E-state index in [1.54, 1.807) is 0 Å². The SMILES string of the molecule is Nc1nc(CCCNS(=O)(=O)N2CCC[C@@H](C(=O)O)C2)cs1. The number of carboxylic acids is 1. The van der Waals surface area contributed by atoms with Crippen LogP contribution in [0.25, 0.3) is 0 Å². The molecule has 0 aliphatic carbocycles. The van der Waals surface area contributed by atoms with Crippen LogP contribution in [0.15, 0.2) is 5.38 Å². The first-order chi connectivity index (χ1) is 10.4. The number of nitrogen functional groups attached to an aromatic ring is 1. The van der Waals surface area contributed by atoms with E-state index in [2.05, 4.69) is 9.71 Å². The highest BCUT2D eigenvalue weighted by molar-refractivity contribution is 7.87. The maximum absolute atomic E-state index is 12.2. The van der Waals surface area contributed by atoms with Gasteiger partial charge in [0, 0.05) is 25.0 Å². The Bertz CT molecular complexity index is 616. The van der Waals surface area contributed by atoms with E-state index in [-0.39, 0.29) is 13.1 Å². The van der Waals surface area contributed by atoms with Crippen LogP contribution in [0.3, 0.4) is 0 Å². The molecule has 0 bridgehead atoms. The molecule has 2 rings (SSSR count). The van der Waals surface area contributed by atoms with Crippen molar-refractivity contribution in [2.45, 2.75) is 25.7 Å². The third-order valence-electron chi connectivity index (χ3n) is 3.54. The average molecular weight is 348 g/mol. The number of piperidine rings is 1. The zero-order valence-corrected chi connectivity index (χ0v) is 13.7. The highest BCUT2D eigenvalue weighted by Crippen LogP contribution is 2.18. The molecule has 0 amide bonds. The van der Waals surface area contributed by atoms with E-state index in [1.807, 2.05) is 5.38 Å². The first-order valence-corrected chi connectivity index (χ1v) is 9.38. The van der Waals surface area contributed by atoms with Gasteiger partial charge in [-0.05, 0) is 25.7 Å². The van der Waals surface area contributed by atoms with Crippen molar-refractivity contribution in [2.75, 3.05) is 25.4 Å². The van der Waals surface area contributed by atoms with Crippen LogP contribution in [-0.2, 0) is 21.4 Å². The molecule has 22 heavy (non-hydrogen) atoms. The van der Waals surface area contributed by atoms with Crippen molar-refractivity contribution in [3.63, 3.8) is 0 Å². The normalized spacial score (nSPS) is 20.1. The van der Waals surface area contributed by atoms with Crippen LogP contribution in [0, 0.1) is 5.92 Å². The van der Waals surface area contributed by atoms with Gasteiger partial charge >= 0.3 is 5.97 Å². The molecule has 1 aromatic rings. The Kier molecular flexibility index (Phi) is 5.73. The Labute approximate surface area is 133 Å². The number of nitrogens with zero attached hydrogens (tertiary/aromatic N) is 2. The molecule has 10 heteroatoms. The van der Waals surface area contributed by atoms with Gasteiger partial charge < -0.3 is 10.8 Å². The monoisotopic (exact) mass is 348 g/mol. The molecule has 1 aliphatic rings. The van der Waals surface area contributed by atoms with Crippen LogP contribution in [0.5, 0.6) is 0 Å². The number of aliphatic carboxylic acids is 1. The number of thiazole rings is 1. The highest BCUT2D eigenvalue weighted by Gasteiger charge is 2.31. The van der Waals surface area contributed by atoms with Gasteiger partial charge in [-0.2, -0.15) is 12.7 Å². The van der Waals surface area contributed by atoms with Gasteiger partial charge in [0.05, 0.1) is 11.6 Å². The van der Waals surface area contributed by atoms with E-state index in [9.17, 15) is 13.2 Å². The number of aryl methyl sites for hydroxylation is 1. The van der Waals surface area contributed by atoms with Gasteiger partial charge in [-0.3, -0.25) is 4.79 Å². The zero-order chi connectivity index (χ0) is 16.2. The number of anilines is 1. The fourth-order valence-electron chi connectivity index (χ4n) is 2.36. The van der Waals surface area contributed by atoms with Crippen LogP contribution in [0.1, 0.15) is 25.0 Å². The summed E-state index contributed by atoms with van der Waals surface area (Å²) in [6.45, 7) is 0.684. The smallest absolute Gasteiger partial charge is 0.307 e. The van der Waals surface area contributed by atoms with Gasteiger partial charge in [-0.25, -0.2) is 9.71 Å². The lowest BCUT2D eigenvalue weighted by atomic mass is 10.0. The molecule has 1 fully saturated rings. The Morgan fingerprint density at radius 2 is 2.36 bits per heavy atom. The largest absolute Gasteiger partial charge is 0.481 e. The number of nitrogens with two attached hydrogens (primary N) is 1. The summed E-state index contributed by atoms with van der Waals surface area (Å²) in [5.41, 5.74) is 6.38. The summed E-state index contributed by atoms with van der Waals surface area (Å²) >= 11 is 1.36. The maximum atomic E-state index is 12.2. The molecule has 1 saturated heterocycles. The molecule has 0 radical (unpaired) electrons. The molecule has 2 heterocycles. The van der Waals surface area contributed by atoms with Crippen molar-refractivity contribution in [1.82, 2.24) is 14.0 Å². The first kappa shape index (κ1) is 17.1. The summed E-state index contributed by atoms with van der Waals surface area (Å²) in [6.07, 6.45) is 2.34. The van der Waals surface area contributed by atoms with Crippen molar-refractivity contribution in [2.24, 2.45) is 5.92 Å². The van der Waals surface area contributed by atoms with E-state index in [1.165, 1.54) is 15.6 Å². The number of nitrogens with one attached hydrogen (secondary N) is 1. The topological polar surface area (TPSA) is 126 Å². The zero-order valence-electron chi connectivity index (χ0n) is 12.1. The molecule has 1 aromatic heterocycles. The second-order valence-corrected chi connectivity index (χ2v) is 7.86. The van der Waals surface area contributed by atoms with Crippen LogP contribution >= 0.6 is 11.3 Å². The molecular weight excluding hydrogens is 328 g/mol. The third kappa shape index (κ3) is 4.63. The van der Waals surface area contributed by atoms with Crippen molar-refractivity contribution in [3.8, 4) is 0 Å². The quantitative estimate of drug-likeness (QED) is 0.608. The molecule has 0 unspecified atom stereocenters. The fourth-order valence-corrected chi connectivity index (χ4v) is 4.29. The minimum Gasteiger partial charge on any atom is -0.481 e. The Morgan fingerprint density at radius 1 is 1.59 bits per heavy atom. The number of rotatable bonds is 7. The Hall–Kier alpha value is -1.23. The van der Waals surface area contributed by atoms with Crippen LogP contribution in [0.4, 0.5) is 5.13 Å². The fraction of sp³-hybridized carbons (Fsp3) is 0.667. The summed E-state index contributed by atoms with van der Waals surface area (Å²) in [7, 11) is -3.62. The third-order valence-corrected chi connectivity index (χ3v) is 5.84. The van der Waals surface area contributed by atoms with Crippen LogP contribution < -0.4 is 10.5 Å². The van der Waals surface area contributed by atoms with Gasteiger partial charge in [0.1, 0.15) is 0 Å². The summed E-state index contributed by atoms with van der Waals surface area (Å²) in [5.74, 6) is -1.57. The summed E-state index contributed by atoms with van der Waals surface area (Å²) in [4.78, 5) is 15.1. The second-order valence-electron chi connectivity index (χ2n) is 5.22. The van der Waals surface area contributed by atoms with Gasteiger partial charge in [-0.15, -0.1) is 11.3 Å². The van der Waals surface area contributed by atoms with Crippen molar-refractivity contribution >= 4 is 32.6 Å². The van der Waals surface area contributed by atoms with Gasteiger partial charge in [0.25, 0.3) is 10.2 Å². The van der Waals surface area contributed by atoms with Gasteiger partial charge in [0.15, 0.2) is 5.13 Å². The molecule has 0 aromatic carbocycles. The standard InChI is InChI=1S/C12H20N4O4S2/c13-12-15-10(8-21-12)4-1-5-14-22(19,20)16-6-2-3-9(7-16)11(17)18/h8-9,14H,1-7H2,(H2,13,15)(H,17,18)/t9-/m1/s1. The van der Waals surface area contributed by atoms with Crippen molar-refractivity contribution in [1.29, 1.82) is 0 Å². The lowest BCUT2D eigenvalue weighted by molar-refractivity contribution is -0.142. The first-order valence-electron chi connectivity index (χ1n) is 7.06. The minimum atomic E-state index is -3.62. The number of hydrogen-bond acceptors (Lipinski definition) is 6. The van der Waals surface area contributed by atoms with Crippen molar-refractivity contribution in [3.05, 3.63) is 11.1 Å². The molecule has 1 aliphatic heterocycles. The van der Waals surface area contributed by atoms with Crippen LogP contribution in [-0.4, -0.2) is 48.4 Å². The Balaban J connectivity index is 1.79. The highest BCUT2D eigenvalue weighted by atomic mass is 32.2. The van der Waals surface area contributed by atoms with Crippen LogP contribution in [0.2, 0.25) is 0 Å². The molecule has 4 N–H and O–H groups in total. The molecule has 124 valence electrons. The van der Waals surface area contributed by atoms with E-state index in [0.717, 1.165) is 5.69 Å². The lowest BCUT2D eigenvalue weighted by Gasteiger charge is -2.29. The lowest BCUT2D eigenvalue weighted by Crippen LogP contribution is -2.47. The van der Waals surface area contributed by atoms with E-state index < -0.39 is 22.1 Å². The van der Waals surface area contributed by atoms with Gasteiger partial charge in [-0.1, -0.05) is 0 Å². The summed E-state index contributed by atoms with van der Waals surface area (Å²) in [6, 6.07) is 0. The molecule has 0 spiro atoms. The maximum Gasteiger partial charge on any atom is 0.307 e. The molecular formula is C12H20N4O4S2. The Morgan fingerprint density at radius 3 is 3.00 bits per heavy atom. The van der Waals surface area contributed by atoms with Crippen molar-refractivity contribution < 1.29 is 18.3 Å². The average Bonchev–Trinajstić information content (AvgIpc) is 2.89. The number of hydrogen-bond donors (Lipinski definition) is 3. The molecule has 1 atom stereocenters. The van der Waals surface area contributed by atoms with Gasteiger partial charge in [0.2, 0.25) is 0 Å². The van der Waals surface area contributed by atoms with E-state index in [0.29, 0.717) is 37.4 Å². The van der Waals surface area contributed by atoms with E-state index in [4.69, 9.17) is 10.8 Å². The predicted molar refractivity (Wildman–Crippen MR) is 83.7 cm³/mol. The number of carbonyl (C=O) groups is 1. The summed E-state index contributed by atoms with van der Waals surface area (Å²) in [5, 5.41) is 11.4. The number of carboxylic acid groups (broad SMARTS) is 1. The molecule has 0 saturated carbocycles. The van der Waals surface area contributed by atoms with E-state index >= 15 is 0 Å². The second kappa shape index (κ2) is 7.36. The predicted octanol–water partition coefficient (Wildman–Crippen LogP) is 0.289. The summed E-state index contributed by atoms with van der Waals surface area (Å²) < 4.78 is 28.0. The minimum absolute atomic E-state index is 0.0350. The molecule has 8 nitrogen and oxygen atoms in total.